The van der Waals surface area contributed by atoms with Gasteiger partial charge in [-0.25, -0.2) is 0 Å². The average Bonchev–Trinajstić information content (AvgIpc) is 1.91. The number of halogens is 4. The first-order valence-corrected chi connectivity index (χ1v) is 3.10. The van der Waals surface area contributed by atoms with E-state index in [1.54, 1.807) is 0 Å². The Morgan fingerprint density at radius 3 is 2.33 bits per heavy atom. The van der Waals surface area contributed by atoms with Gasteiger partial charge in [-0.05, 0) is 6.07 Å². The first-order chi connectivity index (χ1) is 5.47. The van der Waals surface area contributed by atoms with Crippen LogP contribution in [0.1, 0.15) is 0 Å². The molecule has 0 aliphatic carbocycles. The van der Waals surface area contributed by atoms with E-state index < -0.39 is 12.2 Å². The third kappa shape index (κ3) is 2.91. The van der Waals surface area contributed by atoms with E-state index in [9.17, 15) is 13.2 Å². The Labute approximate surface area is 70.1 Å². The predicted octanol–water partition coefficient (Wildman–Crippen LogP) is 2.03. The molecule has 0 amide bonds. The van der Waals surface area contributed by atoms with Crippen LogP contribution in [0.2, 0.25) is 5.15 Å². The highest BCUT2D eigenvalue weighted by molar-refractivity contribution is 6.29. The van der Waals surface area contributed by atoms with Crippen LogP contribution in [0, 0.1) is 0 Å². The summed E-state index contributed by atoms with van der Waals surface area (Å²) >= 11 is 5.27. The molecule has 0 spiro atoms. The highest BCUT2D eigenvalue weighted by atomic mass is 35.5. The Morgan fingerprint density at radius 2 is 1.92 bits per heavy atom. The van der Waals surface area contributed by atoms with E-state index >= 15 is 0 Å². The second-order valence-corrected chi connectivity index (χ2v) is 2.13. The van der Waals surface area contributed by atoms with Crippen molar-refractivity contribution in [2.75, 3.05) is 0 Å². The van der Waals surface area contributed by atoms with Crippen molar-refractivity contribution < 1.29 is 17.9 Å². The van der Waals surface area contributed by atoms with E-state index in [1.165, 1.54) is 0 Å². The van der Waals surface area contributed by atoms with E-state index in [4.69, 9.17) is 11.6 Å². The van der Waals surface area contributed by atoms with Gasteiger partial charge in [0.05, 0.1) is 0 Å². The SMILES string of the molecule is FC(F)(F)Oc1ccc(Cl)nn1. The van der Waals surface area contributed by atoms with Gasteiger partial charge in [0.1, 0.15) is 0 Å². The minimum atomic E-state index is -4.75. The topological polar surface area (TPSA) is 35.0 Å². The van der Waals surface area contributed by atoms with Crippen molar-refractivity contribution >= 4 is 11.6 Å². The molecule has 0 bridgehead atoms. The molecule has 66 valence electrons. The van der Waals surface area contributed by atoms with Crippen LogP contribution in [-0.2, 0) is 0 Å². The third-order valence-electron chi connectivity index (χ3n) is 0.828. The van der Waals surface area contributed by atoms with E-state index in [1.807, 2.05) is 0 Å². The fourth-order valence-corrected chi connectivity index (χ4v) is 0.578. The highest BCUT2D eigenvalue weighted by Crippen LogP contribution is 2.20. The molecule has 0 N–H and O–H groups in total. The van der Waals surface area contributed by atoms with E-state index in [0.717, 1.165) is 12.1 Å². The molecule has 0 unspecified atom stereocenters. The van der Waals surface area contributed by atoms with Crippen LogP contribution in [0.5, 0.6) is 5.88 Å². The zero-order valence-electron chi connectivity index (χ0n) is 5.47. The lowest BCUT2D eigenvalue weighted by Gasteiger charge is -2.05. The van der Waals surface area contributed by atoms with Crippen LogP contribution in [0.15, 0.2) is 12.1 Å². The van der Waals surface area contributed by atoms with Gasteiger partial charge in [-0.15, -0.1) is 23.4 Å². The van der Waals surface area contributed by atoms with Crippen LogP contribution in [-0.4, -0.2) is 16.6 Å². The molecule has 0 aliphatic rings. The Kier molecular flexibility index (Phi) is 2.37. The van der Waals surface area contributed by atoms with Crippen LogP contribution < -0.4 is 4.74 Å². The lowest BCUT2D eigenvalue weighted by atomic mass is 10.6. The summed E-state index contributed by atoms with van der Waals surface area (Å²) in [4.78, 5) is 0. The summed E-state index contributed by atoms with van der Waals surface area (Å²) in [6.07, 6.45) is -4.75. The van der Waals surface area contributed by atoms with Crippen molar-refractivity contribution in [3.63, 3.8) is 0 Å². The number of rotatable bonds is 1. The first-order valence-electron chi connectivity index (χ1n) is 2.72. The fourth-order valence-electron chi connectivity index (χ4n) is 0.477. The molecule has 0 saturated heterocycles. The van der Waals surface area contributed by atoms with Gasteiger partial charge in [0, 0.05) is 6.07 Å². The molecule has 1 aromatic rings. The minimum Gasteiger partial charge on any atom is -0.386 e. The van der Waals surface area contributed by atoms with Crippen molar-refractivity contribution in [3.05, 3.63) is 17.3 Å². The summed E-state index contributed by atoms with van der Waals surface area (Å²) in [5.74, 6) is -0.632. The highest BCUT2D eigenvalue weighted by Gasteiger charge is 2.31. The van der Waals surface area contributed by atoms with Crippen molar-refractivity contribution in [1.29, 1.82) is 0 Å². The average molecular weight is 199 g/mol. The molecule has 1 aromatic heterocycles. The van der Waals surface area contributed by atoms with Crippen LogP contribution in [0.4, 0.5) is 13.2 Å². The molecule has 7 heteroatoms. The standard InChI is InChI=1S/C5H2ClF3N2O/c6-3-1-2-4(11-10-3)12-5(7,8)9/h1-2H. The van der Waals surface area contributed by atoms with Gasteiger partial charge in [-0.2, -0.15) is 0 Å². The summed E-state index contributed by atoms with van der Waals surface area (Å²) in [6.45, 7) is 0. The van der Waals surface area contributed by atoms with Gasteiger partial charge in [0.2, 0.25) is 5.88 Å². The summed E-state index contributed by atoms with van der Waals surface area (Å²) in [6, 6.07) is 2.12. The maximum absolute atomic E-state index is 11.5. The van der Waals surface area contributed by atoms with Gasteiger partial charge >= 0.3 is 6.36 Å². The molecule has 1 heterocycles. The molecular weight excluding hydrogens is 197 g/mol. The van der Waals surface area contributed by atoms with Gasteiger partial charge in [-0.3, -0.25) is 0 Å². The molecule has 0 aliphatic heterocycles. The quantitative estimate of drug-likeness (QED) is 0.693. The molecule has 0 atom stereocenters. The van der Waals surface area contributed by atoms with Crippen molar-refractivity contribution in [2.24, 2.45) is 0 Å². The number of hydrogen-bond acceptors (Lipinski definition) is 3. The summed E-state index contributed by atoms with van der Waals surface area (Å²) in [5, 5.41) is 6.20. The second kappa shape index (κ2) is 3.14. The Balaban J connectivity index is 2.71. The fraction of sp³-hybridized carbons (Fsp3) is 0.200. The lowest BCUT2D eigenvalue weighted by Crippen LogP contribution is -2.18. The smallest absolute Gasteiger partial charge is 0.386 e. The zero-order chi connectivity index (χ0) is 9.19. The normalized spacial score (nSPS) is 11.3. The molecule has 0 aromatic carbocycles. The number of nitrogens with zero attached hydrogens (tertiary/aromatic N) is 2. The van der Waals surface area contributed by atoms with Crippen LogP contribution in [0.25, 0.3) is 0 Å². The number of hydrogen-bond donors (Lipinski definition) is 0. The molecule has 3 nitrogen and oxygen atoms in total. The number of alkyl halides is 3. The summed E-state index contributed by atoms with van der Waals surface area (Å²) in [5.41, 5.74) is 0. The molecule has 0 fully saturated rings. The van der Waals surface area contributed by atoms with Crippen molar-refractivity contribution in [3.8, 4) is 5.88 Å². The van der Waals surface area contributed by atoms with E-state index in [-0.39, 0.29) is 5.15 Å². The third-order valence-corrected chi connectivity index (χ3v) is 1.03. The predicted molar refractivity (Wildman–Crippen MR) is 33.7 cm³/mol. The van der Waals surface area contributed by atoms with Gasteiger partial charge in [-0.1, -0.05) is 11.6 Å². The van der Waals surface area contributed by atoms with Crippen molar-refractivity contribution in [1.82, 2.24) is 10.2 Å². The van der Waals surface area contributed by atoms with Gasteiger partial charge in [0.15, 0.2) is 5.15 Å². The zero-order valence-corrected chi connectivity index (χ0v) is 6.23. The van der Waals surface area contributed by atoms with Gasteiger partial charge in [0.25, 0.3) is 0 Å². The first kappa shape index (κ1) is 9.05. The van der Waals surface area contributed by atoms with Crippen molar-refractivity contribution in [2.45, 2.75) is 6.36 Å². The molecular formula is C5H2ClF3N2O. The Morgan fingerprint density at radius 1 is 1.25 bits per heavy atom. The minimum absolute atomic E-state index is 0.00419. The molecule has 0 radical (unpaired) electrons. The second-order valence-electron chi connectivity index (χ2n) is 1.74. The van der Waals surface area contributed by atoms with Gasteiger partial charge < -0.3 is 4.74 Å². The Hall–Kier alpha value is -1.04. The molecule has 12 heavy (non-hydrogen) atoms. The lowest BCUT2D eigenvalue weighted by molar-refractivity contribution is -0.276. The molecule has 0 saturated carbocycles. The summed E-state index contributed by atoms with van der Waals surface area (Å²) in [7, 11) is 0. The van der Waals surface area contributed by atoms with E-state index in [0.29, 0.717) is 0 Å². The number of aromatic nitrogens is 2. The maximum atomic E-state index is 11.5. The van der Waals surface area contributed by atoms with Crippen LogP contribution in [0.3, 0.4) is 0 Å². The monoisotopic (exact) mass is 198 g/mol. The summed E-state index contributed by atoms with van der Waals surface area (Å²) < 4.78 is 38.0. The molecule has 1 rings (SSSR count). The number of ether oxygens (including phenoxy) is 1. The maximum Gasteiger partial charge on any atom is 0.574 e. The largest absolute Gasteiger partial charge is 0.574 e. The Bertz CT molecular complexity index is 260. The van der Waals surface area contributed by atoms with Crippen LogP contribution >= 0.6 is 11.6 Å². The van der Waals surface area contributed by atoms with E-state index in [2.05, 4.69) is 14.9 Å².